The van der Waals surface area contributed by atoms with Crippen molar-refractivity contribution < 1.29 is 0 Å². The average Bonchev–Trinajstić information content (AvgIpc) is 2.77. The number of pyridine rings is 1. The largest absolute Gasteiger partial charge is 0.372 e. The highest BCUT2D eigenvalue weighted by Crippen LogP contribution is 2.33. The summed E-state index contributed by atoms with van der Waals surface area (Å²) in [5.41, 5.74) is 1.22. The van der Waals surface area contributed by atoms with E-state index in [0.29, 0.717) is 10.2 Å². The molecule has 0 spiro atoms. The molecule has 7 heteroatoms. The summed E-state index contributed by atoms with van der Waals surface area (Å²) in [6.07, 6.45) is 3.02. The third-order valence-electron chi connectivity index (χ3n) is 2.52. The Balaban J connectivity index is 2.39. The van der Waals surface area contributed by atoms with Crippen molar-refractivity contribution in [2.24, 2.45) is 0 Å². The molecule has 0 unspecified atom stereocenters. The van der Waals surface area contributed by atoms with Crippen LogP contribution in [0.5, 0.6) is 0 Å². The molecule has 3 rings (SSSR count). The number of anilines is 1. The van der Waals surface area contributed by atoms with Crippen molar-refractivity contribution in [3.8, 4) is 6.07 Å². The molecular weight excluding hydrogens is 250 g/mol. The lowest BCUT2D eigenvalue weighted by atomic mass is 10.2. The number of aromatic nitrogens is 3. The number of hydrogen-bond donors (Lipinski definition) is 2. The summed E-state index contributed by atoms with van der Waals surface area (Å²) in [6, 6.07) is 3.79. The van der Waals surface area contributed by atoms with Gasteiger partial charge in [-0.3, -0.25) is 4.79 Å². The molecule has 3 heterocycles. The summed E-state index contributed by atoms with van der Waals surface area (Å²) in [6.45, 7) is 0.194. The lowest BCUT2D eigenvalue weighted by molar-refractivity contribution is 1.18. The fourth-order valence-electron chi connectivity index (χ4n) is 1.79. The van der Waals surface area contributed by atoms with Crippen molar-refractivity contribution in [1.82, 2.24) is 15.0 Å². The number of aromatic amines is 1. The van der Waals surface area contributed by atoms with E-state index in [1.807, 2.05) is 6.07 Å². The molecule has 6 nitrogen and oxygen atoms in total. The summed E-state index contributed by atoms with van der Waals surface area (Å²) in [5.74, 6) is 0. The predicted octanol–water partition coefficient (Wildman–Crippen LogP) is 1.47. The molecule has 0 radical (unpaired) electrons. The van der Waals surface area contributed by atoms with E-state index in [4.69, 9.17) is 5.26 Å². The third kappa shape index (κ3) is 1.51. The number of nitrogens with zero attached hydrogens (tertiary/aromatic N) is 3. The molecule has 2 N–H and O–H groups in total. The maximum absolute atomic E-state index is 11.7. The van der Waals surface area contributed by atoms with Crippen molar-refractivity contribution in [3.63, 3.8) is 0 Å². The Labute approximate surface area is 105 Å². The zero-order chi connectivity index (χ0) is 12.5. The quantitative estimate of drug-likeness (QED) is 0.678. The van der Waals surface area contributed by atoms with Crippen LogP contribution >= 0.6 is 11.3 Å². The van der Waals surface area contributed by atoms with Gasteiger partial charge in [0.15, 0.2) is 0 Å². The van der Waals surface area contributed by atoms with E-state index in [9.17, 15) is 4.79 Å². The maximum Gasteiger partial charge on any atom is 0.268 e. The van der Waals surface area contributed by atoms with Gasteiger partial charge in [-0.05, 0) is 6.07 Å². The summed E-state index contributed by atoms with van der Waals surface area (Å²) in [7, 11) is 0. The van der Waals surface area contributed by atoms with Crippen LogP contribution in [0.1, 0.15) is 0 Å². The van der Waals surface area contributed by atoms with E-state index in [1.54, 1.807) is 12.3 Å². The predicted molar refractivity (Wildman–Crippen MR) is 69.6 cm³/mol. The van der Waals surface area contributed by atoms with Gasteiger partial charge in [0.1, 0.15) is 16.1 Å². The van der Waals surface area contributed by atoms with Crippen LogP contribution in [0.2, 0.25) is 0 Å². The molecule has 3 aromatic heterocycles. The van der Waals surface area contributed by atoms with Crippen molar-refractivity contribution in [2.45, 2.75) is 0 Å². The second-order valence-corrected chi connectivity index (χ2v) is 4.56. The minimum atomic E-state index is -0.172. The first-order chi connectivity index (χ1) is 8.81. The van der Waals surface area contributed by atoms with Gasteiger partial charge in [-0.25, -0.2) is 9.97 Å². The second-order valence-electron chi connectivity index (χ2n) is 3.56. The fourth-order valence-corrected chi connectivity index (χ4v) is 2.81. The van der Waals surface area contributed by atoms with Crippen LogP contribution in [-0.4, -0.2) is 21.5 Å². The topological polar surface area (TPSA) is 94.5 Å². The molecule has 0 saturated carbocycles. The highest BCUT2D eigenvalue weighted by molar-refractivity contribution is 7.25. The van der Waals surface area contributed by atoms with E-state index in [-0.39, 0.29) is 12.1 Å². The first-order valence-corrected chi connectivity index (χ1v) is 5.98. The molecule has 0 aliphatic rings. The van der Waals surface area contributed by atoms with Gasteiger partial charge >= 0.3 is 0 Å². The zero-order valence-electron chi connectivity index (χ0n) is 9.10. The minimum Gasteiger partial charge on any atom is -0.372 e. The number of rotatable bonds is 2. The highest BCUT2D eigenvalue weighted by Gasteiger charge is 2.13. The van der Waals surface area contributed by atoms with Crippen molar-refractivity contribution in [3.05, 3.63) is 28.9 Å². The van der Waals surface area contributed by atoms with E-state index in [1.165, 1.54) is 17.7 Å². The van der Waals surface area contributed by atoms with Gasteiger partial charge in [-0.15, -0.1) is 11.3 Å². The Bertz CT molecular complexity index is 829. The average molecular weight is 257 g/mol. The number of fused-ring (bicyclic) bond motifs is 3. The van der Waals surface area contributed by atoms with Crippen LogP contribution in [0.25, 0.3) is 20.4 Å². The zero-order valence-corrected chi connectivity index (χ0v) is 9.91. The summed E-state index contributed by atoms with van der Waals surface area (Å²) in [5, 5.41) is 12.4. The maximum atomic E-state index is 11.7. The SMILES string of the molecule is N#CCNc1ccnc2sc3c(=O)[nH]cnc3c12. The third-order valence-corrected chi connectivity index (χ3v) is 3.61. The molecule has 0 atom stereocenters. The molecule has 0 aliphatic carbocycles. The molecule has 0 fully saturated rings. The van der Waals surface area contributed by atoms with Crippen molar-refractivity contribution >= 4 is 37.5 Å². The van der Waals surface area contributed by atoms with Crippen LogP contribution in [0.4, 0.5) is 5.69 Å². The van der Waals surface area contributed by atoms with Crippen molar-refractivity contribution in [1.29, 1.82) is 5.26 Å². The summed E-state index contributed by atoms with van der Waals surface area (Å²) >= 11 is 1.30. The Morgan fingerprint density at radius 3 is 3.22 bits per heavy atom. The second kappa shape index (κ2) is 4.09. The van der Waals surface area contributed by atoms with Crippen LogP contribution in [0.15, 0.2) is 23.4 Å². The highest BCUT2D eigenvalue weighted by atomic mass is 32.1. The van der Waals surface area contributed by atoms with Crippen LogP contribution < -0.4 is 10.9 Å². The molecule has 0 aliphatic heterocycles. The molecule has 3 aromatic rings. The van der Waals surface area contributed by atoms with E-state index < -0.39 is 0 Å². The Morgan fingerprint density at radius 2 is 2.39 bits per heavy atom. The molecule has 0 saturated heterocycles. The minimum absolute atomic E-state index is 0.172. The molecule has 88 valence electrons. The standard InChI is InChI=1S/C11H7N5OS/c12-2-4-13-6-1-3-14-11-7(6)8-9(18-11)10(17)16-5-15-8/h1,3,5H,4H2,(H,13,14)(H,15,16,17). The Kier molecular flexibility index (Phi) is 2.42. The Hall–Kier alpha value is -2.46. The smallest absolute Gasteiger partial charge is 0.268 e. The van der Waals surface area contributed by atoms with Gasteiger partial charge in [-0.2, -0.15) is 5.26 Å². The number of H-pyrrole nitrogens is 1. The normalized spacial score (nSPS) is 10.6. The van der Waals surface area contributed by atoms with Gasteiger partial charge in [0.25, 0.3) is 5.56 Å². The van der Waals surface area contributed by atoms with Crippen LogP contribution in [0, 0.1) is 11.3 Å². The molecule has 0 bridgehead atoms. The number of hydrogen-bond acceptors (Lipinski definition) is 6. The lowest BCUT2D eigenvalue weighted by Crippen LogP contribution is -2.03. The number of nitriles is 1. The fraction of sp³-hybridized carbons (Fsp3) is 0.0909. The van der Waals surface area contributed by atoms with Crippen LogP contribution in [0.3, 0.4) is 0 Å². The monoisotopic (exact) mass is 257 g/mol. The molecule has 0 amide bonds. The molecular formula is C11H7N5OS. The van der Waals surface area contributed by atoms with E-state index in [2.05, 4.69) is 20.3 Å². The van der Waals surface area contributed by atoms with Gasteiger partial charge < -0.3 is 10.3 Å². The molecule has 18 heavy (non-hydrogen) atoms. The van der Waals surface area contributed by atoms with Gasteiger partial charge in [0, 0.05) is 11.9 Å². The van der Waals surface area contributed by atoms with Crippen molar-refractivity contribution in [2.75, 3.05) is 11.9 Å². The van der Waals surface area contributed by atoms with Gasteiger partial charge in [0.2, 0.25) is 0 Å². The number of nitrogens with one attached hydrogen (secondary N) is 2. The van der Waals surface area contributed by atoms with Crippen LogP contribution in [-0.2, 0) is 0 Å². The van der Waals surface area contributed by atoms with Gasteiger partial charge in [-0.1, -0.05) is 0 Å². The molecule has 0 aromatic carbocycles. The van der Waals surface area contributed by atoms with Gasteiger partial charge in [0.05, 0.1) is 23.3 Å². The first-order valence-electron chi connectivity index (χ1n) is 5.17. The van der Waals surface area contributed by atoms with E-state index >= 15 is 0 Å². The van der Waals surface area contributed by atoms with E-state index in [0.717, 1.165) is 15.9 Å². The summed E-state index contributed by atoms with van der Waals surface area (Å²) in [4.78, 5) is 23.4. The lowest BCUT2D eigenvalue weighted by Gasteiger charge is -2.02. The first kappa shape index (κ1) is 10.7. The summed E-state index contributed by atoms with van der Waals surface area (Å²) < 4.78 is 0.547. The Morgan fingerprint density at radius 1 is 1.50 bits per heavy atom. The number of thiophene rings is 1.